The Morgan fingerprint density at radius 1 is 1.27 bits per heavy atom. The minimum Gasteiger partial charge on any atom is -0.354 e. The Bertz CT molecular complexity index is 91.7. The lowest BCUT2D eigenvalue weighted by atomic mass is 10.9. The molecular formula is C5H11F2O3P. The lowest BCUT2D eigenvalue weighted by Gasteiger charge is -2.13. The van der Waals surface area contributed by atoms with Crippen LogP contribution in [0, 0.1) is 0 Å². The predicted octanol–water partition coefficient (Wildman–Crippen LogP) is 2.13. The Kier molecular flexibility index (Phi) is 5.86. The Morgan fingerprint density at radius 3 is 2.36 bits per heavy atom. The lowest BCUT2D eigenvalue weighted by Crippen LogP contribution is -2.15. The molecule has 0 aromatic carbocycles. The summed E-state index contributed by atoms with van der Waals surface area (Å²) in [6.07, 6.45) is 0. The summed E-state index contributed by atoms with van der Waals surface area (Å²) in [5.74, 6) is -3.31. The molecule has 0 spiro atoms. The monoisotopic (exact) mass is 188 g/mol. The van der Waals surface area contributed by atoms with Gasteiger partial charge >= 0.3 is 5.85 Å². The van der Waals surface area contributed by atoms with E-state index >= 15 is 0 Å². The number of alkyl halides is 2. The van der Waals surface area contributed by atoms with Crippen molar-refractivity contribution in [2.75, 3.05) is 13.2 Å². The molecule has 0 N–H and O–H groups in total. The van der Waals surface area contributed by atoms with Crippen LogP contribution in [-0.4, -0.2) is 19.1 Å². The standard InChI is InChI=1S/C5H11F2O3P/c1-3-8-10-5(6,7)11-9-4-2/h11H,3-4H2,1-2H3. The van der Waals surface area contributed by atoms with E-state index in [0.717, 1.165) is 0 Å². The molecule has 0 fully saturated rings. The summed E-state index contributed by atoms with van der Waals surface area (Å²) in [5, 5.41) is 0. The van der Waals surface area contributed by atoms with Gasteiger partial charge in [0.05, 0.1) is 6.61 Å². The van der Waals surface area contributed by atoms with Crippen molar-refractivity contribution in [3.05, 3.63) is 0 Å². The molecule has 0 aliphatic rings. The third kappa shape index (κ3) is 6.56. The summed E-state index contributed by atoms with van der Waals surface area (Å²) in [5.41, 5.74) is 0. The molecular weight excluding hydrogens is 177 g/mol. The van der Waals surface area contributed by atoms with Gasteiger partial charge in [-0.1, -0.05) is 0 Å². The minimum atomic E-state index is -3.31. The molecule has 11 heavy (non-hydrogen) atoms. The van der Waals surface area contributed by atoms with Crippen LogP contribution in [0.2, 0.25) is 0 Å². The Hall–Kier alpha value is 0.170. The molecule has 0 aliphatic carbocycles. The van der Waals surface area contributed by atoms with Crippen LogP contribution in [0.25, 0.3) is 0 Å². The van der Waals surface area contributed by atoms with Crippen molar-refractivity contribution in [2.24, 2.45) is 0 Å². The molecule has 0 rings (SSSR count). The Balaban J connectivity index is 3.43. The quantitative estimate of drug-likeness (QED) is 0.363. The zero-order valence-electron chi connectivity index (χ0n) is 6.39. The topological polar surface area (TPSA) is 27.7 Å². The molecule has 1 unspecified atom stereocenters. The van der Waals surface area contributed by atoms with E-state index in [9.17, 15) is 8.78 Å². The summed E-state index contributed by atoms with van der Waals surface area (Å²) in [6.45, 7) is 3.51. The van der Waals surface area contributed by atoms with E-state index in [0.29, 0.717) is 0 Å². The van der Waals surface area contributed by atoms with Crippen molar-refractivity contribution in [3.63, 3.8) is 0 Å². The largest absolute Gasteiger partial charge is 0.419 e. The van der Waals surface area contributed by atoms with Crippen LogP contribution in [0.15, 0.2) is 0 Å². The third-order valence-electron chi connectivity index (χ3n) is 0.617. The number of hydrogen-bond donors (Lipinski definition) is 0. The predicted molar refractivity (Wildman–Crippen MR) is 37.6 cm³/mol. The first-order chi connectivity index (χ1) is 5.12. The maximum atomic E-state index is 12.3. The van der Waals surface area contributed by atoms with Crippen LogP contribution < -0.4 is 0 Å². The highest BCUT2D eigenvalue weighted by atomic mass is 31.1. The Labute approximate surface area is 65.8 Å². The molecule has 0 saturated heterocycles. The van der Waals surface area contributed by atoms with Crippen molar-refractivity contribution in [1.82, 2.24) is 0 Å². The highest BCUT2D eigenvalue weighted by Crippen LogP contribution is 2.36. The lowest BCUT2D eigenvalue weighted by molar-refractivity contribution is -0.402. The van der Waals surface area contributed by atoms with Crippen LogP contribution >= 0.6 is 8.81 Å². The molecule has 0 aromatic heterocycles. The molecule has 6 heteroatoms. The molecule has 0 radical (unpaired) electrons. The van der Waals surface area contributed by atoms with Crippen LogP contribution in [0.5, 0.6) is 0 Å². The number of halogens is 2. The third-order valence-corrected chi connectivity index (χ3v) is 1.37. The van der Waals surface area contributed by atoms with E-state index in [-0.39, 0.29) is 13.2 Å². The van der Waals surface area contributed by atoms with Crippen molar-refractivity contribution >= 4 is 8.81 Å². The molecule has 68 valence electrons. The first kappa shape index (κ1) is 11.2. The van der Waals surface area contributed by atoms with Crippen molar-refractivity contribution in [2.45, 2.75) is 19.7 Å². The number of rotatable bonds is 6. The van der Waals surface area contributed by atoms with E-state index in [1.54, 1.807) is 13.8 Å². The normalized spacial score (nSPS) is 13.1. The second kappa shape index (κ2) is 5.77. The van der Waals surface area contributed by atoms with E-state index in [1.165, 1.54) is 0 Å². The average Bonchev–Trinajstić information content (AvgIpc) is 1.97. The van der Waals surface area contributed by atoms with Gasteiger partial charge in [-0.15, -0.1) is 0 Å². The highest BCUT2D eigenvalue weighted by Gasteiger charge is 2.32. The van der Waals surface area contributed by atoms with Gasteiger partial charge in [0.1, 0.15) is 8.81 Å². The second-order valence-electron chi connectivity index (χ2n) is 1.54. The number of hydrogen-bond acceptors (Lipinski definition) is 3. The van der Waals surface area contributed by atoms with Crippen LogP contribution in [0.1, 0.15) is 13.8 Å². The van der Waals surface area contributed by atoms with Crippen molar-refractivity contribution in [3.8, 4) is 0 Å². The maximum Gasteiger partial charge on any atom is 0.419 e. The SMILES string of the molecule is CCOOC(F)(F)POCC. The van der Waals surface area contributed by atoms with E-state index in [1.807, 2.05) is 0 Å². The highest BCUT2D eigenvalue weighted by molar-refractivity contribution is 7.33. The zero-order chi connectivity index (χ0) is 8.74. The van der Waals surface area contributed by atoms with Crippen molar-refractivity contribution in [1.29, 1.82) is 0 Å². The summed E-state index contributed by atoms with van der Waals surface area (Å²) >= 11 is 0. The zero-order valence-corrected chi connectivity index (χ0v) is 7.39. The molecule has 0 aromatic rings. The van der Waals surface area contributed by atoms with Gasteiger partial charge in [-0.2, -0.15) is 13.7 Å². The molecule has 0 bridgehead atoms. The first-order valence-corrected chi connectivity index (χ1v) is 4.10. The van der Waals surface area contributed by atoms with Crippen LogP contribution in [0.3, 0.4) is 0 Å². The van der Waals surface area contributed by atoms with Gasteiger partial charge in [0.25, 0.3) is 0 Å². The summed E-state index contributed by atoms with van der Waals surface area (Å²) in [7, 11) is -1.01. The maximum absolute atomic E-state index is 12.3. The van der Waals surface area contributed by atoms with Crippen molar-refractivity contribution < 1.29 is 23.1 Å². The fourth-order valence-corrected chi connectivity index (χ4v) is 0.711. The molecule has 0 saturated carbocycles. The minimum absolute atomic E-state index is 0.0895. The van der Waals surface area contributed by atoms with Gasteiger partial charge in [0.2, 0.25) is 0 Å². The van der Waals surface area contributed by atoms with E-state index in [4.69, 9.17) is 0 Å². The van der Waals surface area contributed by atoms with Gasteiger partial charge in [0.15, 0.2) is 0 Å². The molecule has 0 aliphatic heterocycles. The van der Waals surface area contributed by atoms with Gasteiger partial charge in [-0.3, -0.25) is 0 Å². The summed E-state index contributed by atoms with van der Waals surface area (Å²) in [6, 6.07) is 0. The fourth-order valence-electron chi connectivity index (χ4n) is 0.306. The van der Waals surface area contributed by atoms with Gasteiger partial charge in [0, 0.05) is 6.61 Å². The smallest absolute Gasteiger partial charge is 0.354 e. The second-order valence-corrected chi connectivity index (χ2v) is 2.62. The molecule has 3 nitrogen and oxygen atoms in total. The molecule has 1 atom stereocenters. The van der Waals surface area contributed by atoms with E-state index < -0.39 is 14.7 Å². The first-order valence-electron chi connectivity index (χ1n) is 3.19. The fraction of sp³-hybridized carbons (Fsp3) is 1.00. The molecule has 0 amide bonds. The summed E-state index contributed by atoms with van der Waals surface area (Å²) < 4.78 is 29.1. The van der Waals surface area contributed by atoms with Gasteiger partial charge in [-0.05, 0) is 13.8 Å². The van der Waals surface area contributed by atoms with Crippen LogP contribution in [-0.2, 0) is 14.3 Å². The molecule has 0 heterocycles. The van der Waals surface area contributed by atoms with E-state index in [2.05, 4.69) is 14.3 Å². The summed E-state index contributed by atoms with van der Waals surface area (Å²) in [4.78, 5) is 7.81. The van der Waals surface area contributed by atoms with Gasteiger partial charge in [-0.25, -0.2) is 4.89 Å². The van der Waals surface area contributed by atoms with Crippen LogP contribution in [0.4, 0.5) is 8.78 Å². The average molecular weight is 188 g/mol. The Morgan fingerprint density at radius 2 is 1.91 bits per heavy atom. The van der Waals surface area contributed by atoms with Gasteiger partial charge < -0.3 is 4.52 Å².